The molecule has 1 saturated heterocycles. The van der Waals surface area contributed by atoms with E-state index in [9.17, 15) is 9.90 Å². The number of ether oxygens (including phenoxy) is 2. The van der Waals surface area contributed by atoms with Gasteiger partial charge in [0.25, 0.3) is 0 Å². The van der Waals surface area contributed by atoms with E-state index in [1.165, 1.54) is 7.11 Å². The Morgan fingerprint density at radius 3 is 3.08 bits per heavy atom. The third-order valence-corrected chi connectivity index (χ3v) is 2.00. The summed E-state index contributed by atoms with van der Waals surface area (Å²) in [6.45, 7) is 0.624. The first-order chi connectivity index (χ1) is 5.74. The minimum atomic E-state index is -0.516. The van der Waals surface area contributed by atoms with Crippen molar-refractivity contribution in [2.45, 2.75) is 31.5 Å². The maximum absolute atomic E-state index is 10.8. The Morgan fingerprint density at radius 2 is 2.50 bits per heavy atom. The first-order valence-corrected chi connectivity index (χ1v) is 4.10. The fraction of sp³-hybridized carbons (Fsp3) is 0.875. The zero-order valence-corrected chi connectivity index (χ0v) is 7.16. The third kappa shape index (κ3) is 2.46. The number of hydrogen-bond acceptors (Lipinski definition) is 4. The Hall–Kier alpha value is -0.610. The van der Waals surface area contributed by atoms with Gasteiger partial charge in [0.2, 0.25) is 0 Å². The van der Waals surface area contributed by atoms with Crippen molar-refractivity contribution in [1.29, 1.82) is 0 Å². The third-order valence-electron chi connectivity index (χ3n) is 2.00. The predicted molar refractivity (Wildman–Crippen MR) is 41.6 cm³/mol. The number of carbonyl (C=O) groups is 1. The molecule has 0 bridgehead atoms. The van der Waals surface area contributed by atoms with Crippen LogP contribution in [0.2, 0.25) is 0 Å². The van der Waals surface area contributed by atoms with Gasteiger partial charge in [-0.15, -0.1) is 0 Å². The summed E-state index contributed by atoms with van der Waals surface area (Å²) in [5.41, 5.74) is 0. The molecular weight excluding hydrogens is 160 g/mol. The molecule has 1 aliphatic rings. The molecule has 2 atom stereocenters. The van der Waals surface area contributed by atoms with Crippen LogP contribution in [0.4, 0.5) is 0 Å². The van der Waals surface area contributed by atoms with Crippen LogP contribution < -0.4 is 0 Å². The van der Waals surface area contributed by atoms with Gasteiger partial charge in [-0.05, 0) is 12.8 Å². The van der Waals surface area contributed by atoms with Crippen molar-refractivity contribution >= 4 is 5.97 Å². The summed E-state index contributed by atoms with van der Waals surface area (Å²) < 4.78 is 9.68. The Balaban J connectivity index is 2.33. The van der Waals surface area contributed by atoms with E-state index in [1.807, 2.05) is 0 Å². The first-order valence-electron chi connectivity index (χ1n) is 4.10. The van der Waals surface area contributed by atoms with Gasteiger partial charge in [0, 0.05) is 6.61 Å². The van der Waals surface area contributed by atoms with Crippen molar-refractivity contribution in [1.82, 2.24) is 0 Å². The van der Waals surface area contributed by atoms with Crippen LogP contribution in [0.1, 0.15) is 19.3 Å². The minimum Gasteiger partial charge on any atom is -0.469 e. The van der Waals surface area contributed by atoms with Gasteiger partial charge in [-0.2, -0.15) is 0 Å². The molecule has 1 heterocycles. The summed E-state index contributed by atoms with van der Waals surface area (Å²) >= 11 is 0. The lowest BCUT2D eigenvalue weighted by Gasteiger charge is -2.26. The van der Waals surface area contributed by atoms with E-state index in [4.69, 9.17) is 4.74 Å². The second-order valence-corrected chi connectivity index (χ2v) is 2.90. The van der Waals surface area contributed by atoms with Gasteiger partial charge in [-0.3, -0.25) is 4.79 Å². The lowest BCUT2D eigenvalue weighted by molar-refractivity contribution is -0.149. The molecule has 1 aliphatic heterocycles. The molecule has 0 spiro atoms. The highest BCUT2D eigenvalue weighted by atomic mass is 16.5. The fourth-order valence-electron chi connectivity index (χ4n) is 1.27. The fourth-order valence-corrected chi connectivity index (χ4v) is 1.27. The van der Waals surface area contributed by atoms with Crippen LogP contribution in [-0.4, -0.2) is 37.0 Å². The normalized spacial score (nSPS) is 29.8. The molecule has 0 unspecified atom stereocenters. The molecule has 4 heteroatoms. The van der Waals surface area contributed by atoms with Crippen LogP contribution in [0.25, 0.3) is 0 Å². The van der Waals surface area contributed by atoms with Gasteiger partial charge in [-0.1, -0.05) is 0 Å². The van der Waals surface area contributed by atoms with E-state index >= 15 is 0 Å². The maximum Gasteiger partial charge on any atom is 0.308 e. The summed E-state index contributed by atoms with van der Waals surface area (Å²) in [6, 6.07) is 0. The Kier molecular flexibility index (Phi) is 3.49. The van der Waals surface area contributed by atoms with Crippen molar-refractivity contribution < 1.29 is 19.4 Å². The highest BCUT2D eigenvalue weighted by Crippen LogP contribution is 2.16. The number of carbonyl (C=O) groups excluding carboxylic acids is 1. The second-order valence-electron chi connectivity index (χ2n) is 2.90. The average Bonchev–Trinajstić information content (AvgIpc) is 2.09. The lowest BCUT2D eigenvalue weighted by Crippen LogP contribution is -2.35. The standard InChI is InChI=1S/C8H14O4/c1-11-8(10)5-7-6(9)3-2-4-12-7/h6-7,9H,2-5H2,1H3/t6-,7+/m0/s1. The largest absolute Gasteiger partial charge is 0.469 e. The molecule has 1 rings (SSSR count). The van der Waals surface area contributed by atoms with Crippen molar-refractivity contribution in [3.63, 3.8) is 0 Å². The van der Waals surface area contributed by atoms with Crippen molar-refractivity contribution in [2.75, 3.05) is 13.7 Å². The Morgan fingerprint density at radius 1 is 1.75 bits per heavy atom. The zero-order chi connectivity index (χ0) is 8.97. The molecular formula is C8H14O4. The van der Waals surface area contributed by atoms with Crippen molar-refractivity contribution in [3.8, 4) is 0 Å². The van der Waals surface area contributed by atoms with Crippen LogP contribution in [-0.2, 0) is 14.3 Å². The lowest BCUT2D eigenvalue weighted by atomic mass is 10.0. The summed E-state index contributed by atoms with van der Waals surface area (Å²) in [4.78, 5) is 10.8. The first kappa shape index (κ1) is 9.48. The molecule has 0 saturated carbocycles. The summed E-state index contributed by atoms with van der Waals surface area (Å²) in [5.74, 6) is -0.332. The van der Waals surface area contributed by atoms with Gasteiger partial charge in [-0.25, -0.2) is 0 Å². The molecule has 1 fully saturated rings. The molecule has 0 aromatic rings. The van der Waals surface area contributed by atoms with E-state index in [-0.39, 0.29) is 18.5 Å². The number of methoxy groups -OCH3 is 1. The summed E-state index contributed by atoms with van der Waals surface area (Å²) in [7, 11) is 1.33. The van der Waals surface area contributed by atoms with Gasteiger partial charge >= 0.3 is 5.97 Å². The molecule has 0 aromatic carbocycles. The number of esters is 1. The van der Waals surface area contributed by atoms with Gasteiger partial charge in [0.15, 0.2) is 0 Å². The molecule has 0 aliphatic carbocycles. The van der Waals surface area contributed by atoms with E-state index in [2.05, 4.69) is 4.74 Å². The Labute approximate surface area is 71.5 Å². The second kappa shape index (κ2) is 4.42. The minimum absolute atomic E-state index is 0.150. The quantitative estimate of drug-likeness (QED) is 0.603. The molecule has 0 radical (unpaired) electrons. The topological polar surface area (TPSA) is 55.8 Å². The molecule has 12 heavy (non-hydrogen) atoms. The van der Waals surface area contributed by atoms with Gasteiger partial charge in [0.05, 0.1) is 25.7 Å². The maximum atomic E-state index is 10.8. The van der Waals surface area contributed by atoms with Gasteiger partial charge < -0.3 is 14.6 Å². The van der Waals surface area contributed by atoms with Crippen LogP contribution in [0, 0.1) is 0 Å². The molecule has 0 amide bonds. The SMILES string of the molecule is COC(=O)C[C@H]1OCCC[C@@H]1O. The monoisotopic (exact) mass is 174 g/mol. The highest BCUT2D eigenvalue weighted by molar-refractivity contribution is 5.69. The van der Waals surface area contributed by atoms with E-state index < -0.39 is 6.10 Å². The van der Waals surface area contributed by atoms with Crippen LogP contribution in [0.3, 0.4) is 0 Å². The van der Waals surface area contributed by atoms with E-state index in [1.54, 1.807) is 0 Å². The highest BCUT2D eigenvalue weighted by Gasteiger charge is 2.26. The summed E-state index contributed by atoms with van der Waals surface area (Å²) in [5, 5.41) is 9.38. The van der Waals surface area contributed by atoms with Crippen molar-refractivity contribution in [3.05, 3.63) is 0 Å². The van der Waals surface area contributed by atoms with Crippen molar-refractivity contribution in [2.24, 2.45) is 0 Å². The number of aliphatic hydroxyl groups is 1. The zero-order valence-electron chi connectivity index (χ0n) is 7.16. The summed E-state index contributed by atoms with van der Waals surface area (Å²) in [6.07, 6.45) is 0.835. The molecule has 1 N–H and O–H groups in total. The Bertz CT molecular complexity index is 157. The van der Waals surface area contributed by atoms with Crippen LogP contribution >= 0.6 is 0 Å². The predicted octanol–water partition coefficient (Wildman–Crippen LogP) is 0.0894. The molecule has 70 valence electrons. The number of aliphatic hydroxyl groups excluding tert-OH is 1. The average molecular weight is 174 g/mol. The molecule has 4 nitrogen and oxygen atoms in total. The smallest absolute Gasteiger partial charge is 0.308 e. The number of hydrogen-bond donors (Lipinski definition) is 1. The van der Waals surface area contributed by atoms with E-state index in [0.29, 0.717) is 13.0 Å². The molecule has 0 aromatic heterocycles. The van der Waals surface area contributed by atoms with Gasteiger partial charge in [0.1, 0.15) is 0 Å². The van der Waals surface area contributed by atoms with Crippen LogP contribution in [0.5, 0.6) is 0 Å². The van der Waals surface area contributed by atoms with Crippen LogP contribution in [0.15, 0.2) is 0 Å². The van der Waals surface area contributed by atoms with E-state index in [0.717, 1.165) is 6.42 Å². The number of rotatable bonds is 2.